The van der Waals surface area contributed by atoms with Gasteiger partial charge in [-0.2, -0.15) is 8.78 Å². The molecule has 0 bridgehead atoms. The number of ether oxygens (including phenoxy) is 3. The van der Waals surface area contributed by atoms with Crippen LogP contribution in [0.4, 0.5) is 8.78 Å². The number of carbonyl (C=O) groups is 1. The Balaban J connectivity index is 1.82. The monoisotopic (exact) mass is 362 g/mol. The quantitative estimate of drug-likeness (QED) is 0.624. The SMILES string of the molecule is COc1ccc(C(=O)OCc2nc3ccccc3n2C(F)F)cc1OC. The number of esters is 1. The second-order valence-corrected chi connectivity index (χ2v) is 5.31. The summed E-state index contributed by atoms with van der Waals surface area (Å²) in [6.45, 7) is -3.18. The van der Waals surface area contributed by atoms with E-state index >= 15 is 0 Å². The molecule has 0 saturated carbocycles. The van der Waals surface area contributed by atoms with Crippen LogP contribution in [-0.4, -0.2) is 29.7 Å². The highest BCUT2D eigenvalue weighted by Gasteiger charge is 2.19. The van der Waals surface area contributed by atoms with Crippen molar-refractivity contribution in [1.29, 1.82) is 0 Å². The van der Waals surface area contributed by atoms with Gasteiger partial charge in [-0.15, -0.1) is 0 Å². The lowest BCUT2D eigenvalue weighted by molar-refractivity contribution is 0.0387. The molecule has 6 nitrogen and oxygen atoms in total. The third-order valence-corrected chi connectivity index (χ3v) is 3.82. The maximum Gasteiger partial charge on any atom is 0.338 e. The molecule has 136 valence electrons. The van der Waals surface area contributed by atoms with E-state index < -0.39 is 12.5 Å². The number of halogens is 2. The first kappa shape index (κ1) is 17.7. The van der Waals surface area contributed by atoms with Crippen LogP contribution in [0.2, 0.25) is 0 Å². The van der Waals surface area contributed by atoms with Crippen LogP contribution < -0.4 is 9.47 Å². The summed E-state index contributed by atoms with van der Waals surface area (Å²) in [4.78, 5) is 16.4. The lowest BCUT2D eigenvalue weighted by atomic mass is 10.2. The molecule has 0 fully saturated rings. The second kappa shape index (κ2) is 7.38. The normalized spacial score (nSPS) is 11.0. The van der Waals surface area contributed by atoms with Crippen molar-refractivity contribution < 1.29 is 27.8 Å². The van der Waals surface area contributed by atoms with E-state index in [-0.39, 0.29) is 23.5 Å². The first-order chi connectivity index (χ1) is 12.5. The minimum absolute atomic E-state index is 0.0324. The van der Waals surface area contributed by atoms with E-state index in [1.807, 2.05) is 0 Å². The van der Waals surface area contributed by atoms with Gasteiger partial charge in [-0.3, -0.25) is 4.57 Å². The minimum atomic E-state index is -2.79. The molecule has 1 aromatic heterocycles. The van der Waals surface area contributed by atoms with Crippen LogP contribution in [0.25, 0.3) is 11.0 Å². The predicted octanol–water partition coefficient (Wildman–Crippen LogP) is 3.81. The predicted molar refractivity (Wildman–Crippen MR) is 89.7 cm³/mol. The van der Waals surface area contributed by atoms with Crippen LogP contribution in [0.5, 0.6) is 11.5 Å². The number of methoxy groups -OCH3 is 2. The highest BCUT2D eigenvalue weighted by Crippen LogP contribution is 2.28. The van der Waals surface area contributed by atoms with Gasteiger partial charge in [0.1, 0.15) is 6.61 Å². The molecule has 0 saturated heterocycles. The average Bonchev–Trinajstić information content (AvgIpc) is 3.04. The third-order valence-electron chi connectivity index (χ3n) is 3.82. The van der Waals surface area contributed by atoms with E-state index in [0.717, 1.165) is 4.57 Å². The molecule has 0 aliphatic rings. The summed E-state index contributed by atoms with van der Waals surface area (Å²) in [5, 5.41) is 0. The minimum Gasteiger partial charge on any atom is -0.493 e. The number of imidazole rings is 1. The van der Waals surface area contributed by atoms with E-state index in [1.165, 1.54) is 32.4 Å². The van der Waals surface area contributed by atoms with Crippen molar-refractivity contribution in [2.45, 2.75) is 13.2 Å². The maximum absolute atomic E-state index is 13.4. The van der Waals surface area contributed by atoms with Crippen LogP contribution >= 0.6 is 0 Å². The van der Waals surface area contributed by atoms with Crippen molar-refractivity contribution in [3.8, 4) is 11.5 Å². The van der Waals surface area contributed by atoms with Crippen molar-refractivity contribution in [2.75, 3.05) is 14.2 Å². The van der Waals surface area contributed by atoms with Crippen molar-refractivity contribution in [2.24, 2.45) is 0 Å². The number of nitrogens with zero attached hydrogens (tertiary/aromatic N) is 2. The lowest BCUT2D eigenvalue weighted by Gasteiger charge is -2.10. The van der Waals surface area contributed by atoms with Crippen molar-refractivity contribution in [3.05, 3.63) is 53.9 Å². The summed E-state index contributed by atoms with van der Waals surface area (Å²) >= 11 is 0. The lowest BCUT2D eigenvalue weighted by Crippen LogP contribution is -2.11. The number of carbonyl (C=O) groups excluding carboxylic acids is 1. The van der Waals surface area contributed by atoms with Crippen LogP contribution in [0.15, 0.2) is 42.5 Å². The van der Waals surface area contributed by atoms with Gasteiger partial charge in [-0.05, 0) is 30.3 Å². The topological polar surface area (TPSA) is 62.6 Å². The molecule has 0 unspecified atom stereocenters. The number of fused-ring (bicyclic) bond motifs is 1. The summed E-state index contributed by atoms with van der Waals surface area (Å²) in [7, 11) is 2.92. The van der Waals surface area contributed by atoms with Crippen molar-refractivity contribution >= 4 is 17.0 Å². The van der Waals surface area contributed by atoms with Crippen LogP contribution in [0.3, 0.4) is 0 Å². The smallest absolute Gasteiger partial charge is 0.338 e. The zero-order valence-corrected chi connectivity index (χ0v) is 14.1. The molecule has 0 radical (unpaired) electrons. The summed E-state index contributed by atoms with van der Waals surface area (Å²) in [6, 6.07) is 11.0. The molecule has 0 aliphatic heterocycles. The van der Waals surface area contributed by atoms with Crippen LogP contribution in [-0.2, 0) is 11.3 Å². The van der Waals surface area contributed by atoms with Gasteiger partial charge < -0.3 is 14.2 Å². The maximum atomic E-state index is 13.4. The molecule has 3 rings (SSSR count). The fourth-order valence-corrected chi connectivity index (χ4v) is 2.59. The largest absolute Gasteiger partial charge is 0.493 e. The Kier molecular flexibility index (Phi) is 5.01. The van der Waals surface area contributed by atoms with Gasteiger partial charge in [0, 0.05) is 0 Å². The molecular formula is C18H16F2N2O4. The Morgan fingerprint density at radius 1 is 1.12 bits per heavy atom. The third kappa shape index (κ3) is 3.30. The summed E-state index contributed by atoms with van der Waals surface area (Å²) in [5.74, 6) is 0.110. The fourth-order valence-electron chi connectivity index (χ4n) is 2.59. The van der Waals surface area contributed by atoms with E-state index in [0.29, 0.717) is 17.0 Å². The number of aromatic nitrogens is 2. The summed E-state index contributed by atoms with van der Waals surface area (Å²) < 4.78 is 42.9. The average molecular weight is 362 g/mol. The summed E-state index contributed by atoms with van der Waals surface area (Å²) in [5.41, 5.74) is 0.895. The molecular weight excluding hydrogens is 346 g/mol. The van der Waals surface area contributed by atoms with Crippen LogP contribution in [0, 0.1) is 0 Å². The molecule has 0 atom stereocenters. The van der Waals surface area contributed by atoms with Gasteiger partial charge in [0.2, 0.25) is 0 Å². The Labute approximate surface area is 147 Å². The molecule has 1 heterocycles. The number of rotatable bonds is 6. The van der Waals surface area contributed by atoms with Crippen LogP contribution in [0.1, 0.15) is 22.7 Å². The second-order valence-electron chi connectivity index (χ2n) is 5.31. The number of benzene rings is 2. The first-order valence-electron chi connectivity index (χ1n) is 7.68. The highest BCUT2D eigenvalue weighted by atomic mass is 19.3. The van der Waals surface area contributed by atoms with Gasteiger partial charge >= 0.3 is 12.5 Å². The molecule has 0 spiro atoms. The Morgan fingerprint density at radius 2 is 1.85 bits per heavy atom. The first-order valence-corrected chi connectivity index (χ1v) is 7.68. The number of alkyl halides is 2. The Hall–Kier alpha value is -3.16. The Morgan fingerprint density at radius 3 is 2.54 bits per heavy atom. The molecule has 0 aliphatic carbocycles. The molecule has 26 heavy (non-hydrogen) atoms. The zero-order valence-electron chi connectivity index (χ0n) is 14.1. The zero-order chi connectivity index (χ0) is 18.7. The molecule has 2 aromatic carbocycles. The number of hydrogen-bond acceptors (Lipinski definition) is 5. The fraction of sp³-hybridized carbons (Fsp3) is 0.222. The standard InChI is InChI=1S/C18H16F2N2O4/c1-24-14-8-7-11(9-15(14)25-2)17(23)26-10-16-21-12-5-3-4-6-13(12)22(16)18(19)20/h3-9,18H,10H2,1-2H3. The van der Waals surface area contributed by atoms with Crippen molar-refractivity contribution in [3.63, 3.8) is 0 Å². The van der Waals surface area contributed by atoms with E-state index in [4.69, 9.17) is 14.2 Å². The van der Waals surface area contributed by atoms with Crippen molar-refractivity contribution in [1.82, 2.24) is 9.55 Å². The molecule has 0 amide bonds. The van der Waals surface area contributed by atoms with E-state index in [1.54, 1.807) is 24.3 Å². The van der Waals surface area contributed by atoms with E-state index in [9.17, 15) is 13.6 Å². The van der Waals surface area contributed by atoms with E-state index in [2.05, 4.69) is 4.98 Å². The van der Waals surface area contributed by atoms with Gasteiger partial charge in [-0.25, -0.2) is 9.78 Å². The Bertz CT molecular complexity index is 940. The van der Waals surface area contributed by atoms with Gasteiger partial charge in [0.05, 0.1) is 30.8 Å². The number of para-hydroxylation sites is 2. The molecule has 8 heteroatoms. The number of hydrogen-bond donors (Lipinski definition) is 0. The molecule has 0 N–H and O–H groups in total. The van der Waals surface area contributed by atoms with Gasteiger partial charge in [0.25, 0.3) is 0 Å². The summed E-state index contributed by atoms with van der Waals surface area (Å²) in [6.07, 6.45) is 0. The van der Waals surface area contributed by atoms with Gasteiger partial charge in [0.15, 0.2) is 17.3 Å². The highest BCUT2D eigenvalue weighted by molar-refractivity contribution is 5.90. The molecule has 3 aromatic rings. The van der Waals surface area contributed by atoms with Gasteiger partial charge in [-0.1, -0.05) is 12.1 Å².